The van der Waals surface area contributed by atoms with E-state index in [-0.39, 0.29) is 23.8 Å². The number of aliphatic hydroxyl groups excluding tert-OH is 1. The molecule has 2 aliphatic rings. The Bertz CT molecular complexity index is 667. The maximum absolute atomic E-state index is 12.5. The van der Waals surface area contributed by atoms with Gasteiger partial charge < -0.3 is 19.9 Å². The van der Waals surface area contributed by atoms with Gasteiger partial charge in [-0.25, -0.2) is 4.79 Å². The third-order valence-corrected chi connectivity index (χ3v) is 4.67. The smallest absolute Gasteiger partial charge is 0.437 e. The minimum absolute atomic E-state index is 0.0902. The van der Waals surface area contributed by atoms with Gasteiger partial charge in [0, 0.05) is 31.1 Å². The molecular formula is C18H27N3O5. The zero-order valence-electron chi connectivity index (χ0n) is 15.5. The summed E-state index contributed by atoms with van der Waals surface area (Å²) >= 11 is 0. The van der Waals surface area contributed by atoms with E-state index in [9.17, 15) is 14.7 Å². The van der Waals surface area contributed by atoms with Crippen LogP contribution in [0.15, 0.2) is 6.07 Å². The van der Waals surface area contributed by atoms with Crippen molar-refractivity contribution in [3.8, 4) is 0 Å². The molecule has 2 heterocycles. The number of amides is 1. The number of carbonyl (C=O) groups is 2. The summed E-state index contributed by atoms with van der Waals surface area (Å²) in [6.45, 7) is 6.46. The lowest BCUT2D eigenvalue weighted by molar-refractivity contribution is -0.122. The van der Waals surface area contributed by atoms with Gasteiger partial charge in [0.25, 0.3) is 0 Å². The molecule has 2 fully saturated rings. The number of ether oxygens (including phenoxy) is 2. The predicted molar refractivity (Wildman–Crippen MR) is 94.0 cm³/mol. The van der Waals surface area contributed by atoms with E-state index >= 15 is 0 Å². The maximum Gasteiger partial charge on any atom is 0.437 e. The molecule has 1 aromatic heterocycles. The molecule has 2 N–H and O–H groups in total. The molecule has 0 bridgehead atoms. The fourth-order valence-corrected chi connectivity index (χ4v) is 3.15. The second kappa shape index (κ2) is 7.36. The fourth-order valence-electron chi connectivity index (χ4n) is 3.15. The van der Waals surface area contributed by atoms with Crippen molar-refractivity contribution in [2.24, 2.45) is 5.92 Å². The van der Waals surface area contributed by atoms with Gasteiger partial charge in [-0.05, 0) is 46.5 Å². The van der Waals surface area contributed by atoms with Crippen molar-refractivity contribution in [2.75, 3.05) is 18.5 Å². The Morgan fingerprint density at radius 3 is 2.54 bits per heavy atom. The average molecular weight is 365 g/mol. The monoisotopic (exact) mass is 365 g/mol. The Hall–Kier alpha value is -1.93. The minimum Gasteiger partial charge on any atom is -0.442 e. The number of nitrogens with zero attached hydrogens (tertiary/aromatic N) is 2. The van der Waals surface area contributed by atoms with Gasteiger partial charge in [0.15, 0.2) is 0 Å². The minimum atomic E-state index is -0.669. The summed E-state index contributed by atoms with van der Waals surface area (Å²) in [5, 5.41) is 16.7. The van der Waals surface area contributed by atoms with Crippen molar-refractivity contribution in [3.63, 3.8) is 0 Å². The summed E-state index contributed by atoms with van der Waals surface area (Å²) in [5.41, 5.74) is 0.0149. The van der Waals surface area contributed by atoms with Crippen LogP contribution in [0.4, 0.5) is 10.6 Å². The number of hydrogen-bond donors (Lipinski definition) is 2. The Morgan fingerprint density at radius 1 is 1.31 bits per heavy atom. The van der Waals surface area contributed by atoms with E-state index in [1.165, 1.54) is 0 Å². The molecule has 1 amide bonds. The Kier molecular flexibility index (Phi) is 5.34. The standard InChI is InChI=1S/C18H27N3O5/c1-18(2,3)26-17(24)21-15(10-14(20-21)12-8-13(22)9-12)19-16(23)11-4-6-25-7-5-11/h10-13,22H,4-9H2,1-3H3,(H,19,23)/t12-,13+. The number of aliphatic hydroxyl groups is 1. The molecule has 1 saturated heterocycles. The van der Waals surface area contributed by atoms with Crippen molar-refractivity contribution in [1.82, 2.24) is 9.78 Å². The first kappa shape index (κ1) is 18.8. The van der Waals surface area contributed by atoms with E-state index in [1.54, 1.807) is 26.8 Å². The molecule has 1 saturated carbocycles. The topological polar surface area (TPSA) is 103 Å². The molecule has 3 rings (SSSR count). The summed E-state index contributed by atoms with van der Waals surface area (Å²) in [6, 6.07) is 1.71. The van der Waals surface area contributed by atoms with Gasteiger partial charge in [-0.15, -0.1) is 4.68 Å². The van der Waals surface area contributed by atoms with Crippen LogP contribution in [-0.4, -0.2) is 51.8 Å². The van der Waals surface area contributed by atoms with E-state index in [0.29, 0.717) is 50.4 Å². The molecule has 26 heavy (non-hydrogen) atoms. The van der Waals surface area contributed by atoms with Gasteiger partial charge in [0.2, 0.25) is 5.91 Å². The lowest BCUT2D eigenvalue weighted by atomic mass is 9.80. The van der Waals surface area contributed by atoms with Gasteiger partial charge >= 0.3 is 6.09 Å². The second-order valence-corrected chi connectivity index (χ2v) is 8.04. The summed E-state index contributed by atoms with van der Waals surface area (Å²) < 4.78 is 11.8. The molecule has 1 aliphatic heterocycles. The van der Waals surface area contributed by atoms with E-state index < -0.39 is 11.7 Å². The van der Waals surface area contributed by atoms with Crippen LogP contribution in [0.1, 0.15) is 58.1 Å². The predicted octanol–water partition coefficient (Wildman–Crippen LogP) is 2.27. The van der Waals surface area contributed by atoms with Crippen LogP contribution in [-0.2, 0) is 14.3 Å². The maximum atomic E-state index is 12.5. The molecule has 144 valence electrons. The molecule has 0 spiro atoms. The first-order valence-electron chi connectivity index (χ1n) is 9.13. The Balaban J connectivity index is 1.79. The zero-order valence-corrected chi connectivity index (χ0v) is 15.5. The lowest BCUT2D eigenvalue weighted by Gasteiger charge is -2.29. The highest BCUT2D eigenvalue weighted by molar-refractivity contribution is 5.93. The van der Waals surface area contributed by atoms with Gasteiger partial charge in [0.1, 0.15) is 11.4 Å². The van der Waals surface area contributed by atoms with E-state index in [1.807, 2.05) is 0 Å². The van der Waals surface area contributed by atoms with Crippen molar-refractivity contribution in [1.29, 1.82) is 0 Å². The van der Waals surface area contributed by atoms with E-state index in [4.69, 9.17) is 9.47 Å². The highest BCUT2D eigenvalue weighted by atomic mass is 16.6. The molecule has 0 aromatic carbocycles. The van der Waals surface area contributed by atoms with Gasteiger partial charge in [-0.3, -0.25) is 4.79 Å². The SMILES string of the molecule is CC(C)(C)OC(=O)n1nc([C@H]2C[C@@H](O)C2)cc1NC(=O)C1CCOCC1. The molecule has 1 aromatic rings. The van der Waals surface area contributed by atoms with Crippen LogP contribution in [0.2, 0.25) is 0 Å². The number of rotatable bonds is 3. The molecule has 1 aliphatic carbocycles. The molecular weight excluding hydrogens is 338 g/mol. The molecule has 0 atom stereocenters. The van der Waals surface area contributed by atoms with Crippen LogP contribution in [0.3, 0.4) is 0 Å². The third kappa shape index (κ3) is 4.42. The van der Waals surface area contributed by atoms with Gasteiger partial charge in [0.05, 0.1) is 11.8 Å². The number of carbonyl (C=O) groups excluding carboxylic acids is 2. The normalized spacial score (nSPS) is 24.0. The molecule has 0 unspecified atom stereocenters. The van der Waals surface area contributed by atoms with Gasteiger partial charge in [-0.1, -0.05) is 0 Å². The number of hydrogen-bond acceptors (Lipinski definition) is 6. The molecule has 8 nitrogen and oxygen atoms in total. The zero-order chi connectivity index (χ0) is 18.9. The van der Waals surface area contributed by atoms with Crippen molar-refractivity contribution in [2.45, 2.75) is 64.1 Å². The number of anilines is 1. The Labute approximate surface area is 152 Å². The molecule has 8 heteroatoms. The van der Waals surface area contributed by atoms with Crippen LogP contribution in [0.25, 0.3) is 0 Å². The van der Waals surface area contributed by atoms with Crippen LogP contribution in [0.5, 0.6) is 0 Å². The van der Waals surface area contributed by atoms with E-state index in [0.717, 1.165) is 4.68 Å². The summed E-state index contributed by atoms with van der Waals surface area (Å²) in [5.74, 6) is 0.123. The average Bonchev–Trinajstić information content (AvgIpc) is 2.94. The van der Waals surface area contributed by atoms with Gasteiger partial charge in [-0.2, -0.15) is 5.10 Å². The van der Waals surface area contributed by atoms with E-state index in [2.05, 4.69) is 10.4 Å². The largest absolute Gasteiger partial charge is 0.442 e. The number of aromatic nitrogens is 2. The first-order chi connectivity index (χ1) is 12.2. The van der Waals surface area contributed by atoms with Crippen molar-refractivity contribution >= 4 is 17.8 Å². The summed E-state index contributed by atoms with van der Waals surface area (Å²) in [7, 11) is 0. The fraction of sp³-hybridized carbons (Fsp3) is 0.722. The second-order valence-electron chi connectivity index (χ2n) is 8.04. The molecule has 0 radical (unpaired) electrons. The van der Waals surface area contributed by atoms with Crippen molar-refractivity contribution in [3.05, 3.63) is 11.8 Å². The first-order valence-corrected chi connectivity index (χ1v) is 9.13. The highest BCUT2D eigenvalue weighted by Gasteiger charge is 2.33. The third-order valence-electron chi connectivity index (χ3n) is 4.67. The quantitative estimate of drug-likeness (QED) is 0.852. The highest BCUT2D eigenvalue weighted by Crippen LogP contribution is 2.37. The van der Waals surface area contributed by atoms with Crippen LogP contribution < -0.4 is 5.32 Å². The summed E-state index contributed by atoms with van der Waals surface area (Å²) in [6.07, 6.45) is 1.58. The summed E-state index contributed by atoms with van der Waals surface area (Å²) in [4.78, 5) is 25.0. The van der Waals surface area contributed by atoms with Crippen LogP contribution >= 0.6 is 0 Å². The number of nitrogens with one attached hydrogen (secondary N) is 1. The lowest BCUT2D eigenvalue weighted by Crippen LogP contribution is -2.32. The Morgan fingerprint density at radius 2 is 1.96 bits per heavy atom. The van der Waals surface area contributed by atoms with Crippen LogP contribution in [0, 0.1) is 5.92 Å². The van der Waals surface area contributed by atoms with Crippen molar-refractivity contribution < 1.29 is 24.2 Å².